The summed E-state index contributed by atoms with van der Waals surface area (Å²) in [7, 11) is -2.29. The lowest BCUT2D eigenvalue weighted by Gasteiger charge is -2.19. The molecule has 0 saturated heterocycles. The molecular weight excluding hydrogens is 368 g/mol. The van der Waals surface area contributed by atoms with E-state index in [9.17, 15) is 18.0 Å². The number of hydrogen-bond acceptors (Lipinski definition) is 5. The number of benzene rings is 2. The van der Waals surface area contributed by atoms with Crippen molar-refractivity contribution >= 4 is 27.6 Å². The molecule has 0 heterocycles. The van der Waals surface area contributed by atoms with Crippen LogP contribution in [0.15, 0.2) is 48.5 Å². The van der Waals surface area contributed by atoms with Crippen LogP contribution in [0.1, 0.15) is 21.5 Å². The van der Waals surface area contributed by atoms with E-state index < -0.39 is 21.9 Å². The highest BCUT2D eigenvalue weighted by atomic mass is 32.2. The Bertz CT molecular complexity index is 906. The minimum atomic E-state index is -3.57. The SMILES string of the molecule is COC(=O)c1ccc(NC(=O)CN(Cc2ccc(C)cc2)S(C)(=O)=O)cc1. The minimum Gasteiger partial charge on any atom is -0.465 e. The van der Waals surface area contributed by atoms with Crippen molar-refractivity contribution in [2.24, 2.45) is 0 Å². The van der Waals surface area contributed by atoms with Crippen molar-refractivity contribution in [2.75, 3.05) is 25.2 Å². The van der Waals surface area contributed by atoms with E-state index >= 15 is 0 Å². The second-order valence-electron chi connectivity index (χ2n) is 6.13. The normalized spacial score (nSPS) is 11.3. The molecule has 0 radical (unpaired) electrons. The lowest BCUT2D eigenvalue weighted by atomic mass is 10.1. The zero-order valence-corrected chi connectivity index (χ0v) is 16.2. The summed E-state index contributed by atoms with van der Waals surface area (Å²) < 4.78 is 29.8. The lowest BCUT2D eigenvalue weighted by molar-refractivity contribution is -0.116. The van der Waals surface area contributed by atoms with Crippen LogP contribution >= 0.6 is 0 Å². The third-order valence-corrected chi connectivity index (χ3v) is 5.05. The number of aryl methyl sites for hydroxylation is 1. The Morgan fingerprint density at radius 1 is 1.04 bits per heavy atom. The van der Waals surface area contributed by atoms with Crippen LogP contribution < -0.4 is 5.32 Å². The van der Waals surface area contributed by atoms with Crippen LogP contribution in [0.3, 0.4) is 0 Å². The van der Waals surface area contributed by atoms with Crippen molar-refractivity contribution in [3.8, 4) is 0 Å². The van der Waals surface area contributed by atoms with Crippen molar-refractivity contribution in [1.29, 1.82) is 0 Å². The van der Waals surface area contributed by atoms with Gasteiger partial charge in [0.2, 0.25) is 15.9 Å². The third-order valence-electron chi connectivity index (χ3n) is 3.86. The summed E-state index contributed by atoms with van der Waals surface area (Å²) in [6, 6.07) is 13.6. The highest BCUT2D eigenvalue weighted by Crippen LogP contribution is 2.13. The van der Waals surface area contributed by atoms with Crippen molar-refractivity contribution in [1.82, 2.24) is 4.31 Å². The molecule has 0 atom stereocenters. The van der Waals surface area contributed by atoms with Gasteiger partial charge in [0, 0.05) is 12.2 Å². The number of esters is 1. The Morgan fingerprint density at radius 3 is 2.15 bits per heavy atom. The largest absolute Gasteiger partial charge is 0.465 e. The monoisotopic (exact) mass is 390 g/mol. The molecule has 0 aliphatic rings. The summed E-state index contributed by atoms with van der Waals surface area (Å²) in [5.74, 6) is -0.951. The van der Waals surface area contributed by atoms with Gasteiger partial charge in [-0.25, -0.2) is 13.2 Å². The summed E-state index contributed by atoms with van der Waals surface area (Å²) in [4.78, 5) is 23.7. The molecule has 0 spiro atoms. The average molecular weight is 390 g/mol. The van der Waals surface area contributed by atoms with Gasteiger partial charge in [0.25, 0.3) is 0 Å². The number of hydrogen-bond donors (Lipinski definition) is 1. The standard InChI is InChI=1S/C19H22N2O5S/c1-14-4-6-15(7-5-14)12-21(27(3,24)25)13-18(22)20-17-10-8-16(9-11-17)19(23)26-2/h4-11H,12-13H2,1-3H3,(H,20,22). The molecule has 0 aliphatic carbocycles. The van der Waals surface area contributed by atoms with E-state index in [1.165, 1.54) is 19.2 Å². The summed E-state index contributed by atoms with van der Waals surface area (Å²) >= 11 is 0. The summed E-state index contributed by atoms with van der Waals surface area (Å²) in [6.45, 7) is 1.73. The predicted molar refractivity (Wildman–Crippen MR) is 103 cm³/mol. The highest BCUT2D eigenvalue weighted by molar-refractivity contribution is 7.88. The number of rotatable bonds is 7. The van der Waals surface area contributed by atoms with E-state index in [-0.39, 0.29) is 13.1 Å². The molecule has 0 saturated carbocycles. The van der Waals surface area contributed by atoms with Crippen LogP contribution in [0.5, 0.6) is 0 Å². The van der Waals surface area contributed by atoms with E-state index in [1.54, 1.807) is 12.1 Å². The van der Waals surface area contributed by atoms with Gasteiger partial charge in [-0.05, 0) is 36.8 Å². The second kappa shape index (κ2) is 8.79. The van der Waals surface area contributed by atoms with Crippen LogP contribution in [0.4, 0.5) is 5.69 Å². The number of sulfonamides is 1. The maximum absolute atomic E-state index is 12.3. The molecule has 2 aromatic rings. The number of ether oxygens (including phenoxy) is 1. The number of nitrogens with one attached hydrogen (secondary N) is 1. The van der Waals surface area contributed by atoms with Gasteiger partial charge < -0.3 is 10.1 Å². The number of carbonyl (C=O) groups is 2. The Morgan fingerprint density at radius 2 is 1.63 bits per heavy atom. The lowest BCUT2D eigenvalue weighted by Crippen LogP contribution is -2.36. The molecular formula is C19H22N2O5S. The van der Waals surface area contributed by atoms with E-state index in [0.717, 1.165) is 21.7 Å². The summed E-state index contributed by atoms with van der Waals surface area (Å²) in [5.41, 5.74) is 2.67. The first-order chi connectivity index (χ1) is 12.7. The molecule has 0 unspecified atom stereocenters. The van der Waals surface area contributed by atoms with Crippen LogP contribution in [-0.4, -0.2) is 44.5 Å². The fourth-order valence-corrected chi connectivity index (χ4v) is 3.09. The Hall–Kier alpha value is -2.71. The first-order valence-electron chi connectivity index (χ1n) is 8.18. The van der Waals surface area contributed by atoms with Gasteiger partial charge in [0.1, 0.15) is 0 Å². The van der Waals surface area contributed by atoms with E-state index in [0.29, 0.717) is 11.3 Å². The van der Waals surface area contributed by atoms with Gasteiger partial charge >= 0.3 is 5.97 Å². The molecule has 1 N–H and O–H groups in total. The van der Waals surface area contributed by atoms with E-state index in [4.69, 9.17) is 0 Å². The van der Waals surface area contributed by atoms with Crippen molar-refractivity contribution in [3.05, 3.63) is 65.2 Å². The topological polar surface area (TPSA) is 92.8 Å². The molecule has 2 rings (SSSR count). The molecule has 1 amide bonds. The van der Waals surface area contributed by atoms with Crippen molar-refractivity contribution < 1.29 is 22.7 Å². The second-order valence-corrected chi connectivity index (χ2v) is 8.12. The van der Waals surface area contributed by atoms with Crippen LogP contribution in [0, 0.1) is 6.92 Å². The molecule has 2 aromatic carbocycles. The molecule has 144 valence electrons. The molecule has 0 aromatic heterocycles. The van der Waals surface area contributed by atoms with Crippen molar-refractivity contribution in [2.45, 2.75) is 13.5 Å². The van der Waals surface area contributed by atoms with Gasteiger partial charge in [0.15, 0.2) is 0 Å². The zero-order chi connectivity index (χ0) is 20.0. The van der Waals surface area contributed by atoms with Gasteiger partial charge in [-0.3, -0.25) is 4.79 Å². The molecule has 0 aliphatic heterocycles. The highest BCUT2D eigenvalue weighted by Gasteiger charge is 2.20. The Kier molecular flexibility index (Phi) is 6.70. The van der Waals surface area contributed by atoms with Crippen LogP contribution in [0.2, 0.25) is 0 Å². The first kappa shape index (κ1) is 20.6. The summed E-state index contributed by atoms with van der Waals surface area (Å²) in [5, 5.41) is 2.63. The smallest absolute Gasteiger partial charge is 0.337 e. The summed E-state index contributed by atoms with van der Waals surface area (Å²) in [6.07, 6.45) is 1.07. The number of carbonyl (C=O) groups excluding carboxylic acids is 2. The maximum Gasteiger partial charge on any atom is 0.337 e. The van der Waals surface area contributed by atoms with Crippen molar-refractivity contribution in [3.63, 3.8) is 0 Å². The van der Waals surface area contributed by atoms with Gasteiger partial charge in [-0.1, -0.05) is 29.8 Å². The molecule has 0 bridgehead atoms. The van der Waals surface area contributed by atoms with E-state index in [1.807, 2.05) is 31.2 Å². The molecule has 7 nitrogen and oxygen atoms in total. The first-order valence-corrected chi connectivity index (χ1v) is 10.0. The van der Waals surface area contributed by atoms with Gasteiger partial charge in [0.05, 0.1) is 25.5 Å². The molecule has 8 heteroatoms. The molecule has 0 fully saturated rings. The number of amides is 1. The van der Waals surface area contributed by atoms with E-state index in [2.05, 4.69) is 10.1 Å². The predicted octanol–water partition coefficient (Wildman–Crippen LogP) is 2.18. The quantitative estimate of drug-likeness (QED) is 0.732. The van der Waals surface area contributed by atoms with Gasteiger partial charge in [-0.15, -0.1) is 0 Å². The fraction of sp³-hybridized carbons (Fsp3) is 0.263. The maximum atomic E-state index is 12.3. The number of nitrogens with zero attached hydrogens (tertiary/aromatic N) is 1. The van der Waals surface area contributed by atoms with Gasteiger partial charge in [-0.2, -0.15) is 4.31 Å². The average Bonchev–Trinajstić information content (AvgIpc) is 2.62. The minimum absolute atomic E-state index is 0.105. The third kappa shape index (κ3) is 6.19. The Balaban J connectivity index is 2.05. The van der Waals surface area contributed by atoms with Crippen LogP contribution in [-0.2, 0) is 26.1 Å². The number of methoxy groups -OCH3 is 1. The molecule has 27 heavy (non-hydrogen) atoms. The fourth-order valence-electron chi connectivity index (χ4n) is 2.36. The number of anilines is 1. The Labute approximate surface area is 159 Å². The van der Waals surface area contributed by atoms with Crippen LogP contribution in [0.25, 0.3) is 0 Å². The zero-order valence-electron chi connectivity index (χ0n) is 15.4.